The molecule has 0 aromatic rings. The molecule has 0 aromatic carbocycles. The van der Waals surface area contributed by atoms with Crippen molar-refractivity contribution in [3.63, 3.8) is 0 Å². The Labute approximate surface area is 191 Å². The standard InChI is InChI=1S/C23H42N2.2ClH.Ti/c1-16(2)19-12-5-6-13-20(19)24-21-14-7-8-15-22(21)25-23-17(3)10-9-11-18(23)4;;;/h16-23H,5-15H2,1-4H3;2*1H;/q-2;;;+2/p-2. The van der Waals surface area contributed by atoms with Crippen molar-refractivity contribution in [2.24, 2.45) is 23.7 Å². The van der Waals surface area contributed by atoms with Gasteiger partial charge in [-0.2, -0.15) is 12.1 Å². The summed E-state index contributed by atoms with van der Waals surface area (Å²) < 4.78 is 0. The fourth-order valence-corrected chi connectivity index (χ4v) is 5.97. The SMILES string of the molecule is CC(C)C1CCCCC1[N-]C1CCCCC1[N-]C1C(C)CCCC1C.[Cl][Ti][Cl]. The second kappa shape index (κ2) is 13.6. The van der Waals surface area contributed by atoms with Gasteiger partial charge in [-0.3, -0.25) is 0 Å². The van der Waals surface area contributed by atoms with E-state index in [2.05, 4.69) is 27.7 Å². The summed E-state index contributed by atoms with van der Waals surface area (Å²) in [5, 5.41) is 11.0. The summed E-state index contributed by atoms with van der Waals surface area (Å²) in [5.74, 6) is 3.17. The summed E-state index contributed by atoms with van der Waals surface area (Å²) in [6.45, 7) is 9.70. The number of hydrogen-bond acceptors (Lipinski definition) is 0. The van der Waals surface area contributed by atoms with Gasteiger partial charge < -0.3 is 10.6 Å². The first-order valence-electron chi connectivity index (χ1n) is 11.8. The summed E-state index contributed by atoms with van der Waals surface area (Å²) in [7, 11) is 9.78. The topological polar surface area (TPSA) is 28.2 Å². The predicted octanol–water partition coefficient (Wildman–Crippen LogP) is 8.46. The molecule has 3 fully saturated rings. The van der Waals surface area contributed by atoms with E-state index < -0.39 is 17.0 Å². The Morgan fingerprint density at radius 1 is 0.679 bits per heavy atom. The van der Waals surface area contributed by atoms with Crippen LogP contribution in [0, 0.1) is 23.7 Å². The first-order chi connectivity index (χ1) is 13.5. The number of halogens is 2. The van der Waals surface area contributed by atoms with Crippen molar-refractivity contribution < 1.29 is 17.0 Å². The molecular weight excluding hydrogens is 423 g/mol. The van der Waals surface area contributed by atoms with Gasteiger partial charge in [-0.1, -0.05) is 116 Å². The molecule has 164 valence electrons. The van der Waals surface area contributed by atoms with Crippen LogP contribution in [0.4, 0.5) is 0 Å². The quantitative estimate of drug-likeness (QED) is 0.365. The molecule has 3 aliphatic carbocycles. The Balaban J connectivity index is 0.000000878. The van der Waals surface area contributed by atoms with Gasteiger partial charge in [0.1, 0.15) is 0 Å². The molecule has 28 heavy (non-hydrogen) atoms. The second-order valence-corrected chi connectivity index (χ2v) is 12.5. The zero-order valence-corrected chi connectivity index (χ0v) is 21.6. The Morgan fingerprint density at radius 3 is 1.68 bits per heavy atom. The van der Waals surface area contributed by atoms with Gasteiger partial charge in [0.05, 0.1) is 0 Å². The van der Waals surface area contributed by atoms with E-state index >= 15 is 0 Å². The van der Waals surface area contributed by atoms with Gasteiger partial charge in [-0.05, 0) is 5.92 Å². The third-order valence-corrected chi connectivity index (χ3v) is 7.56. The van der Waals surface area contributed by atoms with E-state index in [9.17, 15) is 0 Å². The van der Waals surface area contributed by atoms with Gasteiger partial charge in [-0.15, -0.1) is 12.1 Å². The van der Waals surface area contributed by atoms with E-state index in [0.29, 0.717) is 24.2 Å². The normalized spacial score (nSPS) is 39.2. The molecule has 3 aliphatic rings. The van der Waals surface area contributed by atoms with Gasteiger partial charge >= 0.3 is 35.6 Å². The maximum absolute atomic E-state index is 5.50. The average Bonchev–Trinajstić information content (AvgIpc) is 2.67. The molecule has 3 rings (SSSR count). The minimum atomic E-state index is -0.556. The van der Waals surface area contributed by atoms with Gasteiger partial charge in [0.15, 0.2) is 0 Å². The fraction of sp³-hybridized carbons (Fsp3) is 1.00. The molecule has 3 saturated carbocycles. The third-order valence-electron chi connectivity index (χ3n) is 7.56. The van der Waals surface area contributed by atoms with Crippen LogP contribution >= 0.6 is 18.6 Å². The Hall–Kier alpha value is 1.21. The van der Waals surface area contributed by atoms with Crippen LogP contribution in [0.3, 0.4) is 0 Å². The zero-order valence-electron chi connectivity index (χ0n) is 18.5. The molecule has 0 bridgehead atoms. The molecule has 0 heterocycles. The molecular formula is C23H42Cl2N2Ti-2. The number of rotatable bonds is 5. The van der Waals surface area contributed by atoms with Crippen LogP contribution in [0.2, 0.25) is 0 Å². The summed E-state index contributed by atoms with van der Waals surface area (Å²) in [5.41, 5.74) is 0. The number of nitrogens with zero attached hydrogens (tertiary/aromatic N) is 2. The molecule has 0 radical (unpaired) electrons. The summed E-state index contributed by atoms with van der Waals surface area (Å²) >= 11 is -0.556. The van der Waals surface area contributed by atoms with Crippen molar-refractivity contribution in [1.29, 1.82) is 0 Å². The Kier molecular flexibility index (Phi) is 12.4. The Bertz CT molecular complexity index is 413. The summed E-state index contributed by atoms with van der Waals surface area (Å²) in [6.07, 6.45) is 15.0. The van der Waals surface area contributed by atoms with Crippen molar-refractivity contribution >= 4 is 18.6 Å². The number of hydrogen-bond donors (Lipinski definition) is 0. The molecule has 5 heteroatoms. The van der Waals surface area contributed by atoms with Gasteiger partial charge in [0.2, 0.25) is 0 Å². The molecule has 0 aromatic heterocycles. The van der Waals surface area contributed by atoms with Gasteiger partial charge in [0, 0.05) is 0 Å². The van der Waals surface area contributed by atoms with Crippen LogP contribution < -0.4 is 0 Å². The van der Waals surface area contributed by atoms with Crippen LogP contribution in [0.5, 0.6) is 0 Å². The first kappa shape index (κ1) is 25.5. The maximum atomic E-state index is 5.50. The van der Waals surface area contributed by atoms with E-state index in [-0.39, 0.29) is 0 Å². The van der Waals surface area contributed by atoms with Gasteiger partial charge in [0.25, 0.3) is 0 Å². The van der Waals surface area contributed by atoms with Crippen molar-refractivity contribution in [3.8, 4) is 0 Å². The predicted molar refractivity (Wildman–Crippen MR) is 121 cm³/mol. The van der Waals surface area contributed by atoms with Crippen molar-refractivity contribution in [1.82, 2.24) is 0 Å². The van der Waals surface area contributed by atoms with Crippen molar-refractivity contribution in [2.75, 3.05) is 0 Å². The van der Waals surface area contributed by atoms with Crippen molar-refractivity contribution in [2.45, 2.75) is 122 Å². The van der Waals surface area contributed by atoms with E-state index in [1.54, 1.807) is 0 Å². The van der Waals surface area contributed by atoms with E-state index in [1.807, 2.05) is 0 Å². The van der Waals surface area contributed by atoms with Crippen LogP contribution in [0.25, 0.3) is 10.6 Å². The van der Waals surface area contributed by atoms with Gasteiger partial charge in [-0.25, -0.2) is 0 Å². The van der Waals surface area contributed by atoms with Crippen LogP contribution in [0.15, 0.2) is 0 Å². The molecule has 6 atom stereocenters. The van der Waals surface area contributed by atoms with E-state index in [1.165, 1.54) is 70.6 Å². The summed E-state index contributed by atoms with van der Waals surface area (Å²) in [4.78, 5) is 0. The van der Waals surface area contributed by atoms with Crippen molar-refractivity contribution in [3.05, 3.63) is 10.6 Å². The molecule has 0 N–H and O–H groups in total. The fourth-order valence-electron chi connectivity index (χ4n) is 5.97. The van der Waals surface area contributed by atoms with Crippen LogP contribution in [-0.4, -0.2) is 24.2 Å². The molecule has 6 unspecified atom stereocenters. The van der Waals surface area contributed by atoms with Crippen LogP contribution in [-0.2, 0) is 17.0 Å². The molecule has 0 spiro atoms. The third kappa shape index (κ3) is 7.72. The Morgan fingerprint density at radius 2 is 1.14 bits per heavy atom. The minimum absolute atomic E-state index is 0.525. The van der Waals surface area contributed by atoms with Crippen LogP contribution in [0.1, 0.15) is 98.3 Å². The summed E-state index contributed by atoms with van der Waals surface area (Å²) in [6, 6.07) is 2.27. The molecule has 2 nitrogen and oxygen atoms in total. The first-order valence-corrected chi connectivity index (χ1v) is 16.1. The molecule has 0 aliphatic heterocycles. The second-order valence-electron chi connectivity index (χ2n) is 9.92. The van der Waals surface area contributed by atoms with E-state index in [0.717, 1.165) is 23.7 Å². The van der Waals surface area contributed by atoms with E-state index in [4.69, 9.17) is 29.2 Å². The molecule has 0 saturated heterocycles. The average molecular weight is 465 g/mol. The zero-order chi connectivity index (χ0) is 20.5. The molecule has 0 amide bonds. The monoisotopic (exact) mass is 464 g/mol.